The molecule has 0 saturated carbocycles. The lowest BCUT2D eigenvalue weighted by atomic mass is 10.2. The highest BCUT2D eigenvalue weighted by atomic mass is 32.2. The Morgan fingerprint density at radius 2 is 2.20 bits per heavy atom. The summed E-state index contributed by atoms with van der Waals surface area (Å²) in [5.74, 6) is 0.830. The van der Waals surface area contributed by atoms with Gasteiger partial charge in [-0.25, -0.2) is 8.42 Å². The van der Waals surface area contributed by atoms with Gasteiger partial charge in [0.25, 0.3) is 5.91 Å². The molecule has 0 aromatic heterocycles. The molecular weight excluding hydrogens is 280 g/mol. The molecule has 0 bridgehead atoms. The number of carbonyl (C=O) groups excluding carboxylic acids is 1. The van der Waals surface area contributed by atoms with E-state index in [2.05, 4.69) is 10.6 Å². The highest BCUT2D eigenvalue weighted by molar-refractivity contribution is 7.91. The standard InChI is InChI=1S/C13H16N2O4S/c1-8-13(16)15-11-6-9(2-3-12(11)19-8)14-10-4-5-20(17,18)7-10/h2-3,6,8,10,14H,4-5,7H2,1H3,(H,15,16). The molecule has 20 heavy (non-hydrogen) atoms. The van der Waals surface area contributed by atoms with Crippen LogP contribution in [0.25, 0.3) is 0 Å². The second kappa shape index (κ2) is 4.66. The SMILES string of the molecule is CC1Oc2ccc(NC3CCS(=O)(=O)C3)cc2NC1=O. The summed E-state index contributed by atoms with van der Waals surface area (Å²) in [5.41, 5.74) is 1.39. The van der Waals surface area contributed by atoms with Crippen molar-refractivity contribution >= 4 is 27.1 Å². The number of sulfone groups is 1. The molecule has 1 fully saturated rings. The van der Waals surface area contributed by atoms with Gasteiger partial charge in [-0.05, 0) is 31.5 Å². The van der Waals surface area contributed by atoms with Crippen molar-refractivity contribution in [2.24, 2.45) is 0 Å². The van der Waals surface area contributed by atoms with E-state index in [0.717, 1.165) is 5.69 Å². The highest BCUT2D eigenvalue weighted by Crippen LogP contribution is 2.32. The molecule has 7 heteroatoms. The first-order valence-corrected chi connectivity index (χ1v) is 8.34. The van der Waals surface area contributed by atoms with E-state index in [1.807, 2.05) is 6.07 Å². The summed E-state index contributed by atoms with van der Waals surface area (Å²) in [5, 5.41) is 5.96. The minimum atomic E-state index is -2.91. The zero-order valence-corrected chi connectivity index (χ0v) is 11.9. The Bertz CT molecular complexity index is 656. The number of carbonyl (C=O) groups is 1. The van der Waals surface area contributed by atoms with Gasteiger partial charge in [-0.2, -0.15) is 0 Å². The summed E-state index contributed by atoms with van der Waals surface area (Å²) in [6.07, 6.45) is 0.112. The Balaban J connectivity index is 1.76. The number of ether oxygens (including phenoxy) is 1. The van der Waals surface area contributed by atoms with Crippen LogP contribution in [0.15, 0.2) is 18.2 Å². The van der Waals surface area contributed by atoms with Crippen LogP contribution in [0.4, 0.5) is 11.4 Å². The maximum atomic E-state index is 11.6. The average molecular weight is 296 g/mol. The Morgan fingerprint density at radius 3 is 2.90 bits per heavy atom. The van der Waals surface area contributed by atoms with Gasteiger partial charge >= 0.3 is 0 Å². The lowest BCUT2D eigenvalue weighted by Gasteiger charge is -2.24. The summed E-state index contributed by atoms with van der Waals surface area (Å²) in [7, 11) is -2.91. The number of fused-ring (bicyclic) bond motifs is 1. The second-order valence-corrected chi connectivity index (χ2v) is 7.43. The maximum absolute atomic E-state index is 11.6. The fourth-order valence-corrected chi connectivity index (χ4v) is 4.12. The van der Waals surface area contributed by atoms with E-state index in [1.165, 1.54) is 0 Å². The number of hydrogen-bond donors (Lipinski definition) is 2. The molecule has 6 nitrogen and oxygen atoms in total. The molecule has 1 aromatic rings. The summed E-state index contributed by atoms with van der Waals surface area (Å²) in [6, 6.07) is 5.30. The average Bonchev–Trinajstić information content (AvgIpc) is 2.70. The van der Waals surface area contributed by atoms with E-state index in [-0.39, 0.29) is 23.5 Å². The van der Waals surface area contributed by atoms with Gasteiger partial charge in [0.1, 0.15) is 5.75 Å². The van der Waals surface area contributed by atoms with Gasteiger partial charge in [-0.3, -0.25) is 4.79 Å². The van der Waals surface area contributed by atoms with Crippen LogP contribution in [0.5, 0.6) is 5.75 Å². The quantitative estimate of drug-likeness (QED) is 0.850. The van der Waals surface area contributed by atoms with Crippen molar-refractivity contribution in [3.63, 3.8) is 0 Å². The molecule has 2 heterocycles. The molecule has 0 spiro atoms. The van der Waals surface area contributed by atoms with Crippen molar-refractivity contribution in [1.82, 2.24) is 0 Å². The topological polar surface area (TPSA) is 84.5 Å². The second-order valence-electron chi connectivity index (χ2n) is 5.20. The molecule has 108 valence electrons. The zero-order chi connectivity index (χ0) is 14.3. The molecule has 0 radical (unpaired) electrons. The third-order valence-corrected chi connectivity index (χ3v) is 5.28. The normalized spacial score (nSPS) is 27.4. The van der Waals surface area contributed by atoms with Crippen molar-refractivity contribution in [3.05, 3.63) is 18.2 Å². The Kier molecular flexibility index (Phi) is 3.08. The number of amides is 1. The minimum absolute atomic E-state index is 0.0721. The van der Waals surface area contributed by atoms with E-state index >= 15 is 0 Å². The molecule has 2 unspecified atom stereocenters. The first-order chi connectivity index (χ1) is 9.43. The smallest absolute Gasteiger partial charge is 0.265 e. The predicted octanol–water partition coefficient (Wildman–Crippen LogP) is 1.00. The van der Waals surface area contributed by atoms with Crippen LogP contribution in [0.3, 0.4) is 0 Å². The monoisotopic (exact) mass is 296 g/mol. The van der Waals surface area contributed by atoms with Gasteiger partial charge in [-0.1, -0.05) is 0 Å². The van der Waals surface area contributed by atoms with Gasteiger partial charge < -0.3 is 15.4 Å². The molecule has 2 aliphatic rings. The molecule has 1 amide bonds. The van der Waals surface area contributed by atoms with Gasteiger partial charge in [0.15, 0.2) is 15.9 Å². The summed E-state index contributed by atoms with van der Waals surface area (Å²) < 4.78 is 28.3. The van der Waals surface area contributed by atoms with Crippen LogP contribution < -0.4 is 15.4 Å². The van der Waals surface area contributed by atoms with Gasteiger partial charge in [0.2, 0.25) is 0 Å². The number of benzene rings is 1. The number of rotatable bonds is 2. The van der Waals surface area contributed by atoms with Crippen molar-refractivity contribution in [2.45, 2.75) is 25.5 Å². The van der Waals surface area contributed by atoms with Crippen molar-refractivity contribution in [3.8, 4) is 5.75 Å². The summed E-state index contributed by atoms with van der Waals surface area (Å²) in [4.78, 5) is 11.6. The van der Waals surface area contributed by atoms with Crippen molar-refractivity contribution < 1.29 is 17.9 Å². The highest BCUT2D eigenvalue weighted by Gasteiger charge is 2.28. The first-order valence-electron chi connectivity index (χ1n) is 6.51. The third kappa shape index (κ3) is 2.58. The summed E-state index contributed by atoms with van der Waals surface area (Å²) in [6.45, 7) is 1.69. The van der Waals surface area contributed by atoms with Crippen molar-refractivity contribution in [1.29, 1.82) is 0 Å². The lowest BCUT2D eigenvalue weighted by Crippen LogP contribution is -2.34. The molecule has 1 saturated heterocycles. The number of hydrogen-bond acceptors (Lipinski definition) is 5. The van der Waals surface area contributed by atoms with Crippen LogP contribution >= 0.6 is 0 Å². The van der Waals surface area contributed by atoms with Crippen LogP contribution in [-0.2, 0) is 14.6 Å². The fraction of sp³-hybridized carbons (Fsp3) is 0.462. The Morgan fingerprint density at radius 1 is 1.40 bits per heavy atom. The van der Waals surface area contributed by atoms with Crippen LogP contribution in [-0.4, -0.2) is 38.0 Å². The zero-order valence-electron chi connectivity index (χ0n) is 11.0. The molecular formula is C13H16N2O4S. The van der Waals surface area contributed by atoms with Crippen LogP contribution in [0.1, 0.15) is 13.3 Å². The molecule has 2 aliphatic heterocycles. The third-order valence-electron chi connectivity index (χ3n) is 3.51. The first kappa shape index (κ1) is 13.2. The molecule has 0 aliphatic carbocycles. The fourth-order valence-electron chi connectivity index (χ4n) is 2.44. The van der Waals surface area contributed by atoms with Gasteiger partial charge in [-0.15, -0.1) is 0 Å². The van der Waals surface area contributed by atoms with E-state index < -0.39 is 15.9 Å². The summed E-state index contributed by atoms with van der Waals surface area (Å²) >= 11 is 0. The number of anilines is 2. The van der Waals surface area contributed by atoms with Crippen molar-refractivity contribution in [2.75, 3.05) is 22.1 Å². The van der Waals surface area contributed by atoms with E-state index in [1.54, 1.807) is 19.1 Å². The number of nitrogens with one attached hydrogen (secondary N) is 2. The molecule has 2 N–H and O–H groups in total. The lowest BCUT2D eigenvalue weighted by molar-refractivity contribution is -0.122. The maximum Gasteiger partial charge on any atom is 0.265 e. The predicted molar refractivity (Wildman–Crippen MR) is 75.8 cm³/mol. The molecule has 1 aromatic carbocycles. The van der Waals surface area contributed by atoms with Gasteiger partial charge in [0.05, 0.1) is 17.2 Å². The van der Waals surface area contributed by atoms with E-state index in [9.17, 15) is 13.2 Å². The van der Waals surface area contributed by atoms with Gasteiger partial charge in [0, 0.05) is 11.7 Å². The minimum Gasteiger partial charge on any atom is -0.479 e. The van der Waals surface area contributed by atoms with Crippen LogP contribution in [0.2, 0.25) is 0 Å². The van der Waals surface area contributed by atoms with Crippen LogP contribution in [0, 0.1) is 0 Å². The Hall–Kier alpha value is -1.76. The Labute approximate surface area is 117 Å². The van der Waals surface area contributed by atoms with E-state index in [0.29, 0.717) is 17.9 Å². The van der Waals surface area contributed by atoms with E-state index in [4.69, 9.17) is 4.74 Å². The molecule has 2 atom stereocenters. The molecule has 3 rings (SSSR count). The largest absolute Gasteiger partial charge is 0.479 e.